The van der Waals surface area contributed by atoms with Crippen molar-refractivity contribution in [2.45, 2.75) is 82.4 Å². The predicted molar refractivity (Wildman–Crippen MR) is 142 cm³/mol. The van der Waals surface area contributed by atoms with Gasteiger partial charge in [0.25, 0.3) is 0 Å². The van der Waals surface area contributed by atoms with Crippen molar-refractivity contribution >= 4 is 16.9 Å². The molecule has 0 bridgehead atoms. The van der Waals surface area contributed by atoms with Gasteiger partial charge in [0.1, 0.15) is 29.5 Å². The predicted octanol–water partition coefficient (Wildman–Crippen LogP) is 6.77. The minimum absolute atomic E-state index is 0.0423. The number of nitrogens with zero attached hydrogens (tertiary/aromatic N) is 2. The van der Waals surface area contributed by atoms with Crippen molar-refractivity contribution in [2.24, 2.45) is 5.92 Å². The number of benzene rings is 2. The summed E-state index contributed by atoms with van der Waals surface area (Å²) in [6.07, 6.45) is 8.71. The summed E-state index contributed by atoms with van der Waals surface area (Å²) in [6.45, 7) is 0. The fourth-order valence-corrected chi connectivity index (χ4v) is 6.33. The molecule has 210 valence electrons. The van der Waals surface area contributed by atoms with E-state index in [1.54, 1.807) is 4.57 Å². The molecule has 9 heteroatoms. The van der Waals surface area contributed by atoms with Crippen molar-refractivity contribution in [2.75, 3.05) is 14.2 Å². The summed E-state index contributed by atoms with van der Waals surface area (Å²) in [7, 11) is 2.90. The standard InChI is InChI=1S/C30H36F3N3O3/c1-38-20-13-14-22(31)21(15-20)28(39-2)29-35-25-16-23(32)24(33)17-26(25)36(29)27(18-9-5-3-6-10-18)30(37)34-19-11-7-4-8-12-19/h13-19,27-28H,3-12H2,1-2H3,(H,34,37). The molecule has 2 aromatic carbocycles. The first-order valence-corrected chi connectivity index (χ1v) is 13.9. The Morgan fingerprint density at radius 3 is 2.26 bits per heavy atom. The third-order valence-electron chi connectivity index (χ3n) is 8.31. The van der Waals surface area contributed by atoms with E-state index in [-0.39, 0.29) is 40.3 Å². The number of aromatic nitrogens is 2. The molecule has 1 aromatic heterocycles. The van der Waals surface area contributed by atoms with Crippen LogP contribution in [0.15, 0.2) is 30.3 Å². The second-order valence-corrected chi connectivity index (χ2v) is 10.8. The molecule has 0 radical (unpaired) electrons. The molecule has 1 N–H and O–H groups in total. The number of halogens is 3. The Morgan fingerprint density at radius 2 is 1.59 bits per heavy atom. The van der Waals surface area contributed by atoms with Gasteiger partial charge in [-0.1, -0.05) is 38.5 Å². The second-order valence-electron chi connectivity index (χ2n) is 10.8. The number of fused-ring (bicyclic) bond motifs is 1. The number of amides is 1. The lowest BCUT2D eigenvalue weighted by atomic mass is 9.82. The molecule has 1 amide bonds. The second kappa shape index (κ2) is 12.0. The Hall–Kier alpha value is -3.07. The Morgan fingerprint density at radius 1 is 0.923 bits per heavy atom. The van der Waals surface area contributed by atoms with Gasteiger partial charge in [-0.15, -0.1) is 0 Å². The lowest BCUT2D eigenvalue weighted by Gasteiger charge is -2.34. The maximum atomic E-state index is 15.2. The first kappa shape index (κ1) is 27.5. The van der Waals surface area contributed by atoms with E-state index in [0.717, 1.165) is 76.3 Å². The first-order valence-electron chi connectivity index (χ1n) is 13.9. The van der Waals surface area contributed by atoms with Gasteiger partial charge in [0.15, 0.2) is 11.6 Å². The number of carbonyl (C=O) groups excluding carboxylic acids is 1. The third-order valence-corrected chi connectivity index (χ3v) is 8.31. The van der Waals surface area contributed by atoms with E-state index >= 15 is 4.39 Å². The molecular weight excluding hydrogens is 507 g/mol. The normalized spacial score (nSPS) is 18.7. The quantitative estimate of drug-likeness (QED) is 0.341. The van der Waals surface area contributed by atoms with Crippen molar-refractivity contribution < 1.29 is 27.4 Å². The fraction of sp³-hybridized carbons (Fsp3) is 0.533. The highest BCUT2D eigenvalue weighted by molar-refractivity contribution is 5.85. The van der Waals surface area contributed by atoms with Crippen molar-refractivity contribution in [1.29, 1.82) is 0 Å². The number of ether oxygens (including phenoxy) is 2. The molecule has 2 fully saturated rings. The summed E-state index contributed by atoms with van der Waals surface area (Å²) >= 11 is 0. The first-order chi connectivity index (χ1) is 18.9. The number of nitrogens with one attached hydrogen (secondary N) is 1. The molecule has 2 unspecified atom stereocenters. The zero-order chi connectivity index (χ0) is 27.5. The molecule has 1 heterocycles. The lowest BCUT2D eigenvalue weighted by molar-refractivity contribution is -0.127. The van der Waals surface area contributed by atoms with Crippen LogP contribution in [-0.2, 0) is 9.53 Å². The fourth-order valence-electron chi connectivity index (χ4n) is 6.33. The summed E-state index contributed by atoms with van der Waals surface area (Å²) in [5.41, 5.74) is 0.619. The van der Waals surface area contributed by atoms with Gasteiger partial charge in [-0.3, -0.25) is 4.79 Å². The van der Waals surface area contributed by atoms with Gasteiger partial charge in [-0.25, -0.2) is 18.2 Å². The minimum atomic E-state index is -1.05. The molecular formula is C30H36F3N3O3. The molecule has 2 aliphatic carbocycles. The Balaban J connectivity index is 1.69. The maximum absolute atomic E-state index is 15.2. The third kappa shape index (κ3) is 5.64. The molecule has 6 nitrogen and oxygen atoms in total. The summed E-state index contributed by atoms with van der Waals surface area (Å²) in [5, 5.41) is 3.26. The lowest BCUT2D eigenvalue weighted by Crippen LogP contribution is -2.44. The van der Waals surface area contributed by atoms with E-state index in [2.05, 4.69) is 10.3 Å². The van der Waals surface area contributed by atoms with Gasteiger partial charge in [-0.05, 0) is 49.8 Å². The van der Waals surface area contributed by atoms with E-state index in [4.69, 9.17) is 9.47 Å². The van der Waals surface area contributed by atoms with Gasteiger partial charge in [0, 0.05) is 30.8 Å². The summed E-state index contributed by atoms with van der Waals surface area (Å²) < 4.78 is 57.0. The van der Waals surface area contributed by atoms with Gasteiger partial charge in [-0.2, -0.15) is 0 Å². The van der Waals surface area contributed by atoms with Crippen LogP contribution in [0.2, 0.25) is 0 Å². The van der Waals surface area contributed by atoms with Crippen molar-refractivity contribution in [3.05, 3.63) is 59.2 Å². The van der Waals surface area contributed by atoms with E-state index in [9.17, 15) is 13.6 Å². The van der Waals surface area contributed by atoms with Crippen LogP contribution in [0.25, 0.3) is 11.0 Å². The Bertz CT molecular complexity index is 1320. The highest BCUT2D eigenvalue weighted by Crippen LogP contribution is 2.40. The van der Waals surface area contributed by atoms with Crippen LogP contribution in [0, 0.1) is 23.4 Å². The van der Waals surface area contributed by atoms with Crippen LogP contribution < -0.4 is 10.1 Å². The van der Waals surface area contributed by atoms with Crippen LogP contribution in [0.3, 0.4) is 0 Å². The highest BCUT2D eigenvalue weighted by atomic mass is 19.2. The van der Waals surface area contributed by atoms with Gasteiger partial charge >= 0.3 is 0 Å². The Kier molecular flexibility index (Phi) is 8.45. The van der Waals surface area contributed by atoms with Crippen molar-refractivity contribution in [3.8, 4) is 5.75 Å². The number of imidazole rings is 1. The zero-order valence-corrected chi connectivity index (χ0v) is 22.5. The molecule has 2 aliphatic rings. The van der Waals surface area contributed by atoms with Crippen molar-refractivity contribution in [1.82, 2.24) is 14.9 Å². The van der Waals surface area contributed by atoms with Crippen LogP contribution in [-0.4, -0.2) is 35.7 Å². The van der Waals surface area contributed by atoms with E-state index in [1.165, 1.54) is 32.4 Å². The van der Waals surface area contributed by atoms with Crippen molar-refractivity contribution in [3.63, 3.8) is 0 Å². The van der Waals surface area contributed by atoms with Crippen LogP contribution in [0.4, 0.5) is 13.2 Å². The number of hydrogen-bond acceptors (Lipinski definition) is 4. The topological polar surface area (TPSA) is 65.4 Å². The largest absolute Gasteiger partial charge is 0.497 e. The van der Waals surface area contributed by atoms with Gasteiger partial charge in [0.2, 0.25) is 5.91 Å². The molecule has 0 spiro atoms. The summed E-state index contributed by atoms with van der Waals surface area (Å²) in [4.78, 5) is 18.8. The maximum Gasteiger partial charge on any atom is 0.243 e. The minimum Gasteiger partial charge on any atom is -0.497 e. The molecule has 39 heavy (non-hydrogen) atoms. The molecule has 0 saturated heterocycles. The monoisotopic (exact) mass is 543 g/mol. The smallest absolute Gasteiger partial charge is 0.243 e. The SMILES string of the molecule is COc1ccc(F)c(C(OC)c2nc3cc(F)c(F)cc3n2C(C(=O)NC2CCCCC2)C2CCCCC2)c1. The van der Waals surface area contributed by atoms with E-state index < -0.39 is 29.6 Å². The molecule has 2 atom stereocenters. The van der Waals surface area contributed by atoms with Crippen LogP contribution in [0.1, 0.15) is 87.7 Å². The van der Waals surface area contributed by atoms with E-state index in [0.29, 0.717) is 5.75 Å². The number of rotatable bonds is 8. The average Bonchev–Trinajstić information content (AvgIpc) is 3.28. The van der Waals surface area contributed by atoms with Gasteiger partial charge < -0.3 is 19.4 Å². The molecule has 0 aliphatic heterocycles. The zero-order valence-electron chi connectivity index (χ0n) is 22.5. The Labute approximate surface area is 226 Å². The summed E-state index contributed by atoms with van der Waals surface area (Å²) in [5.74, 6) is -2.18. The highest BCUT2D eigenvalue weighted by Gasteiger charge is 2.37. The molecule has 2 saturated carbocycles. The van der Waals surface area contributed by atoms with Crippen LogP contribution in [0.5, 0.6) is 5.75 Å². The van der Waals surface area contributed by atoms with Gasteiger partial charge in [0.05, 0.1) is 18.1 Å². The number of carbonyl (C=O) groups is 1. The number of methoxy groups -OCH3 is 2. The molecule has 5 rings (SSSR count). The van der Waals surface area contributed by atoms with Crippen LogP contribution >= 0.6 is 0 Å². The van der Waals surface area contributed by atoms with E-state index in [1.807, 2.05) is 0 Å². The average molecular weight is 544 g/mol. The summed E-state index contributed by atoms with van der Waals surface area (Å²) in [6, 6.07) is 5.74. The number of hydrogen-bond donors (Lipinski definition) is 1. The molecule has 3 aromatic rings.